The number of benzene rings is 2. The SMILES string of the molecule is CN1C(=N)N[C@](C)(c2cc(-c3cccc(C#N)c3)cs2)[C@H](c2ccc(S(=O)(=O)C(C)(C)C)cc2)C1=O. The first-order valence-electron chi connectivity index (χ1n) is 11.4. The lowest BCUT2D eigenvalue weighted by Crippen LogP contribution is -2.62. The zero-order valence-electron chi connectivity index (χ0n) is 20.8. The summed E-state index contributed by atoms with van der Waals surface area (Å²) in [7, 11) is -1.99. The second-order valence-corrected chi connectivity index (χ2v) is 13.7. The van der Waals surface area contributed by atoms with Gasteiger partial charge in [-0.2, -0.15) is 5.26 Å². The number of amides is 1. The second kappa shape index (κ2) is 8.87. The molecule has 1 amide bonds. The lowest BCUT2D eigenvalue weighted by atomic mass is 9.76. The molecule has 0 unspecified atom stereocenters. The Bertz CT molecular complexity index is 1490. The van der Waals surface area contributed by atoms with Crippen molar-refractivity contribution < 1.29 is 13.2 Å². The van der Waals surface area contributed by atoms with Crippen LogP contribution in [0.2, 0.25) is 0 Å². The second-order valence-electron chi connectivity index (χ2n) is 10.1. The van der Waals surface area contributed by atoms with Crippen molar-refractivity contribution in [3.05, 3.63) is 76.0 Å². The van der Waals surface area contributed by atoms with Crippen molar-refractivity contribution in [2.24, 2.45) is 0 Å². The van der Waals surface area contributed by atoms with Gasteiger partial charge in [0.25, 0.3) is 0 Å². The lowest BCUT2D eigenvalue weighted by molar-refractivity contribution is -0.131. The maximum atomic E-state index is 13.5. The molecular formula is C27H28N4O3S2. The van der Waals surface area contributed by atoms with Crippen molar-refractivity contribution >= 4 is 33.0 Å². The maximum Gasteiger partial charge on any atom is 0.239 e. The highest BCUT2D eigenvalue weighted by Gasteiger charge is 2.49. The van der Waals surface area contributed by atoms with Crippen LogP contribution in [-0.2, 0) is 20.2 Å². The average molecular weight is 521 g/mol. The van der Waals surface area contributed by atoms with Gasteiger partial charge in [-0.05, 0) is 80.1 Å². The van der Waals surface area contributed by atoms with Crippen LogP contribution >= 0.6 is 11.3 Å². The first kappa shape index (κ1) is 25.6. The normalized spacial score (nSPS) is 20.7. The van der Waals surface area contributed by atoms with E-state index in [9.17, 15) is 18.5 Å². The molecule has 2 atom stereocenters. The summed E-state index contributed by atoms with van der Waals surface area (Å²) in [5.41, 5.74) is 2.08. The molecule has 1 fully saturated rings. The van der Waals surface area contributed by atoms with Crippen LogP contribution < -0.4 is 5.32 Å². The Morgan fingerprint density at radius 2 is 1.78 bits per heavy atom. The first-order chi connectivity index (χ1) is 16.8. The van der Waals surface area contributed by atoms with E-state index in [1.165, 1.54) is 16.2 Å². The summed E-state index contributed by atoms with van der Waals surface area (Å²) in [5.74, 6) is -0.957. The molecule has 0 aliphatic carbocycles. The Morgan fingerprint density at radius 3 is 2.39 bits per heavy atom. The molecule has 36 heavy (non-hydrogen) atoms. The van der Waals surface area contributed by atoms with Gasteiger partial charge in [0.05, 0.1) is 32.7 Å². The van der Waals surface area contributed by atoms with Gasteiger partial charge in [-0.25, -0.2) is 8.42 Å². The summed E-state index contributed by atoms with van der Waals surface area (Å²) in [6.45, 7) is 6.85. The van der Waals surface area contributed by atoms with Crippen LogP contribution in [0.1, 0.15) is 49.6 Å². The summed E-state index contributed by atoms with van der Waals surface area (Å²) in [6.07, 6.45) is 0. The molecular weight excluding hydrogens is 492 g/mol. The number of rotatable bonds is 4. The van der Waals surface area contributed by atoms with Gasteiger partial charge in [0.1, 0.15) is 0 Å². The Balaban J connectivity index is 1.79. The van der Waals surface area contributed by atoms with Crippen molar-refractivity contribution in [1.29, 1.82) is 10.7 Å². The lowest BCUT2D eigenvalue weighted by Gasteiger charge is -2.45. The van der Waals surface area contributed by atoms with Gasteiger partial charge in [0, 0.05) is 11.9 Å². The van der Waals surface area contributed by atoms with Crippen molar-refractivity contribution in [2.75, 3.05) is 7.05 Å². The summed E-state index contributed by atoms with van der Waals surface area (Å²) in [4.78, 5) is 15.8. The number of carbonyl (C=O) groups excluding carboxylic acids is 1. The highest BCUT2D eigenvalue weighted by Crippen LogP contribution is 2.44. The average Bonchev–Trinajstić information content (AvgIpc) is 3.34. The Morgan fingerprint density at radius 1 is 1.11 bits per heavy atom. The molecule has 186 valence electrons. The van der Waals surface area contributed by atoms with E-state index in [-0.39, 0.29) is 16.8 Å². The van der Waals surface area contributed by atoms with Crippen molar-refractivity contribution in [2.45, 2.75) is 48.8 Å². The molecule has 2 aromatic carbocycles. The smallest absolute Gasteiger partial charge is 0.239 e. The van der Waals surface area contributed by atoms with E-state index in [0.717, 1.165) is 16.0 Å². The largest absolute Gasteiger partial charge is 0.345 e. The third-order valence-corrected chi connectivity index (χ3v) is 10.3. The van der Waals surface area contributed by atoms with Gasteiger partial charge in [0.15, 0.2) is 15.8 Å². The molecule has 3 aromatic rings. The molecule has 1 aliphatic heterocycles. The van der Waals surface area contributed by atoms with E-state index >= 15 is 0 Å². The minimum absolute atomic E-state index is 0.00731. The van der Waals surface area contributed by atoms with Crippen LogP contribution in [0.4, 0.5) is 0 Å². The van der Waals surface area contributed by atoms with E-state index < -0.39 is 26.0 Å². The zero-order chi connectivity index (χ0) is 26.5. The van der Waals surface area contributed by atoms with Crippen molar-refractivity contribution in [3.8, 4) is 17.2 Å². The van der Waals surface area contributed by atoms with Gasteiger partial charge >= 0.3 is 0 Å². The number of carbonyl (C=O) groups is 1. The third kappa shape index (κ3) is 4.21. The number of hydrogen-bond acceptors (Lipinski definition) is 6. The number of nitrogens with one attached hydrogen (secondary N) is 2. The van der Waals surface area contributed by atoms with Crippen LogP contribution in [-0.4, -0.2) is 37.0 Å². The predicted molar refractivity (Wildman–Crippen MR) is 142 cm³/mol. The highest BCUT2D eigenvalue weighted by molar-refractivity contribution is 7.92. The predicted octanol–water partition coefficient (Wildman–Crippen LogP) is 4.85. The molecule has 0 radical (unpaired) electrons. The number of guanidine groups is 1. The monoisotopic (exact) mass is 520 g/mol. The Kier molecular flexibility index (Phi) is 6.31. The number of hydrogen-bond donors (Lipinski definition) is 2. The van der Waals surface area contributed by atoms with Gasteiger partial charge in [-0.1, -0.05) is 24.3 Å². The highest BCUT2D eigenvalue weighted by atomic mass is 32.2. The first-order valence-corrected chi connectivity index (χ1v) is 13.7. The molecule has 2 heterocycles. The fraction of sp³-hybridized carbons (Fsp3) is 0.296. The molecule has 4 rings (SSSR count). The number of sulfone groups is 1. The van der Waals surface area contributed by atoms with Gasteiger partial charge in [-0.15, -0.1) is 11.3 Å². The quantitative estimate of drug-likeness (QED) is 0.510. The fourth-order valence-corrected chi connectivity index (χ4v) is 6.62. The minimum Gasteiger partial charge on any atom is -0.345 e. The number of likely N-dealkylation sites (N-methyl/N-ethyl adjacent to an activating group) is 1. The molecule has 1 saturated heterocycles. The van der Waals surface area contributed by atoms with Gasteiger partial charge in [0.2, 0.25) is 5.91 Å². The summed E-state index contributed by atoms with van der Waals surface area (Å²) >= 11 is 1.47. The number of nitriles is 1. The zero-order valence-corrected chi connectivity index (χ0v) is 22.4. The van der Waals surface area contributed by atoms with E-state index in [1.54, 1.807) is 58.2 Å². The summed E-state index contributed by atoms with van der Waals surface area (Å²) < 4.78 is 24.8. The van der Waals surface area contributed by atoms with Crippen molar-refractivity contribution in [1.82, 2.24) is 10.2 Å². The van der Waals surface area contributed by atoms with Crippen LogP contribution in [0.3, 0.4) is 0 Å². The van der Waals surface area contributed by atoms with Crippen LogP contribution in [0.5, 0.6) is 0 Å². The molecule has 0 spiro atoms. The number of thiophene rings is 1. The molecule has 0 bridgehead atoms. The molecule has 0 saturated carbocycles. The molecule has 1 aromatic heterocycles. The van der Waals surface area contributed by atoms with Crippen LogP contribution in [0, 0.1) is 16.7 Å². The van der Waals surface area contributed by atoms with E-state index in [4.69, 9.17) is 5.41 Å². The molecule has 9 heteroatoms. The fourth-order valence-electron chi connectivity index (χ4n) is 4.35. The minimum atomic E-state index is -3.54. The molecule has 2 N–H and O–H groups in total. The Labute approximate surface area is 215 Å². The van der Waals surface area contributed by atoms with E-state index in [0.29, 0.717) is 11.1 Å². The maximum absolute atomic E-state index is 13.5. The summed E-state index contributed by atoms with van der Waals surface area (Å²) in [5, 5.41) is 22.8. The topological polar surface area (TPSA) is 114 Å². The Hall–Kier alpha value is -3.48. The molecule has 7 nitrogen and oxygen atoms in total. The van der Waals surface area contributed by atoms with Gasteiger partial charge < -0.3 is 5.32 Å². The van der Waals surface area contributed by atoms with Crippen molar-refractivity contribution in [3.63, 3.8) is 0 Å². The van der Waals surface area contributed by atoms with E-state index in [2.05, 4.69) is 11.4 Å². The molecule has 1 aliphatic rings. The summed E-state index contributed by atoms with van der Waals surface area (Å²) in [6, 6.07) is 17.9. The standard InChI is InChI=1S/C27H28N4O3S2/c1-26(2,3)36(33,34)21-11-9-18(10-12-21)23-24(32)31(5)25(29)30-27(23,4)22-14-20(16-35-22)19-8-6-7-17(13-19)15-28/h6-14,16,23H,1-5H3,(H2,29,30)/t23-,27-/m1/s1. The third-order valence-electron chi connectivity index (χ3n) is 6.63. The number of nitrogens with zero attached hydrogens (tertiary/aromatic N) is 2. The van der Waals surface area contributed by atoms with Crippen LogP contribution in [0.15, 0.2) is 64.9 Å². The van der Waals surface area contributed by atoms with E-state index in [1.807, 2.05) is 36.6 Å². The van der Waals surface area contributed by atoms with Crippen LogP contribution in [0.25, 0.3) is 11.1 Å². The van der Waals surface area contributed by atoms with Gasteiger partial charge in [-0.3, -0.25) is 15.1 Å².